The Bertz CT molecular complexity index is 441. The number of anilines is 2. The summed E-state index contributed by atoms with van der Waals surface area (Å²) >= 11 is 2.02. The van der Waals surface area contributed by atoms with Crippen molar-refractivity contribution < 1.29 is 0 Å². The number of rotatable bonds is 4. The minimum atomic E-state index is 0.769. The number of hydrogen-bond donors (Lipinski definition) is 1. The van der Waals surface area contributed by atoms with E-state index in [1.165, 1.54) is 37.4 Å². The number of hydrogen-bond acceptors (Lipinski definition) is 6. The highest BCUT2D eigenvalue weighted by Crippen LogP contribution is 2.20. The third-order valence-corrected chi connectivity index (χ3v) is 5.34. The first-order valence-corrected chi connectivity index (χ1v) is 9.04. The molecule has 3 rings (SSSR count). The van der Waals surface area contributed by atoms with Crippen LogP contribution >= 0.6 is 11.8 Å². The highest BCUT2D eigenvalue weighted by Gasteiger charge is 2.17. The molecule has 5 nitrogen and oxygen atoms in total. The lowest BCUT2D eigenvalue weighted by molar-refractivity contribution is 0.226. The van der Waals surface area contributed by atoms with Crippen LogP contribution in [0.15, 0.2) is 12.4 Å². The predicted molar refractivity (Wildman–Crippen MR) is 90.3 cm³/mol. The number of thioether (sulfide) groups is 1. The van der Waals surface area contributed by atoms with Gasteiger partial charge in [0.25, 0.3) is 0 Å². The van der Waals surface area contributed by atoms with Crippen molar-refractivity contribution in [2.75, 3.05) is 61.5 Å². The molecular weight excluding hydrogens is 282 g/mol. The zero-order valence-electron chi connectivity index (χ0n) is 12.8. The Hall–Kier alpha value is -1.01. The molecule has 0 saturated carbocycles. The number of piperidine rings is 1. The van der Waals surface area contributed by atoms with Crippen molar-refractivity contribution >= 4 is 23.4 Å². The molecule has 2 aliphatic heterocycles. The third-order valence-electron chi connectivity index (χ3n) is 4.40. The lowest BCUT2D eigenvalue weighted by Crippen LogP contribution is -2.33. The number of nitrogens with one attached hydrogen (secondary N) is 1. The standard InChI is InChI=1S/C15H25N5S/c1-19-4-2-13(3-5-19)11-16-14-10-15(18-12-17-14)20-6-8-21-9-7-20/h10,12-13H,2-9,11H2,1H3,(H,16,17,18). The van der Waals surface area contributed by atoms with Crippen LogP contribution in [0.25, 0.3) is 0 Å². The Morgan fingerprint density at radius 2 is 1.95 bits per heavy atom. The molecule has 2 fully saturated rings. The Balaban J connectivity index is 1.53. The van der Waals surface area contributed by atoms with Gasteiger partial charge in [-0.25, -0.2) is 9.97 Å². The van der Waals surface area contributed by atoms with Gasteiger partial charge in [-0.1, -0.05) is 0 Å². The molecule has 6 heteroatoms. The quantitative estimate of drug-likeness (QED) is 0.915. The molecule has 2 aliphatic rings. The Morgan fingerprint density at radius 3 is 2.71 bits per heavy atom. The van der Waals surface area contributed by atoms with Gasteiger partial charge in [0.15, 0.2) is 0 Å². The number of nitrogens with zero attached hydrogens (tertiary/aromatic N) is 4. The fourth-order valence-corrected chi connectivity index (χ4v) is 3.83. The molecule has 0 atom stereocenters. The first-order valence-electron chi connectivity index (χ1n) is 7.88. The summed E-state index contributed by atoms with van der Waals surface area (Å²) in [5.74, 6) is 5.20. The Kier molecular flexibility index (Phi) is 5.19. The number of aromatic nitrogens is 2. The van der Waals surface area contributed by atoms with Crippen LogP contribution in [0.5, 0.6) is 0 Å². The molecule has 116 valence electrons. The normalized spacial score (nSPS) is 21.5. The molecule has 1 N–H and O–H groups in total. The summed E-state index contributed by atoms with van der Waals surface area (Å²) in [7, 11) is 2.21. The SMILES string of the molecule is CN1CCC(CNc2cc(N3CCSCC3)ncn2)CC1. The number of likely N-dealkylation sites (tertiary alicyclic amines) is 1. The van der Waals surface area contributed by atoms with Crippen LogP contribution < -0.4 is 10.2 Å². The van der Waals surface area contributed by atoms with Crippen molar-refractivity contribution in [1.82, 2.24) is 14.9 Å². The van der Waals surface area contributed by atoms with E-state index in [0.29, 0.717) is 0 Å². The van der Waals surface area contributed by atoms with Gasteiger partial charge in [-0.2, -0.15) is 11.8 Å². The summed E-state index contributed by atoms with van der Waals surface area (Å²) in [6, 6.07) is 2.10. The van der Waals surface area contributed by atoms with Gasteiger partial charge < -0.3 is 15.1 Å². The lowest BCUT2D eigenvalue weighted by atomic mass is 9.97. The maximum Gasteiger partial charge on any atom is 0.134 e. The minimum absolute atomic E-state index is 0.769. The summed E-state index contributed by atoms with van der Waals surface area (Å²) in [4.78, 5) is 13.6. The first-order chi connectivity index (χ1) is 10.3. The van der Waals surface area contributed by atoms with Gasteiger partial charge in [0.1, 0.15) is 18.0 Å². The lowest BCUT2D eigenvalue weighted by Gasteiger charge is -2.29. The summed E-state index contributed by atoms with van der Waals surface area (Å²) in [5, 5.41) is 3.51. The van der Waals surface area contributed by atoms with Crippen molar-refractivity contribution in [2.24, 2.45) is 5.92 Å². The molecule has 3 heterocycles. The molecule has 0 aromatic carbocycles. The molecule has 0 bridgehead atoms. The van der Waals surface area contributed by atoms with Crippen LogP contribution in [-0.4, -0.2) is 66.1 Å². The molecule has 0 radical (unpaired) electrons. The van der Waals surface area contributed by atoms with E-state index >= 15 is 0 Å². The predicted octanol–water partition coefficient (Wildman–Crippen LogP) is 1.78. The second kappa shape index (κ2) is 7.31. The molecular formula is C15H25N5S. The molecule has 0 unspecified atom stereocenters. The van der Waals surface area contributed by atoms with Gasteiger partial charge in [-0.15, -0.1) is 0 Å². The molecule has 2 saturated heterocycles. The van der Waals surface area contributed by atoms with E-state index in [4.69, 9.17) is 0 Å². The topological polar surface area (TPSA) is 44.3 Å². The Labute approximate surface area is 131 Å². The van der Waals surface area contributed by atoms with Gasteiger partial charge in [0.2, 0.25) is 0 Å². The van der Waals surface area contributed by atoms with Gasteiger partial charge in [0, 0.05) is 37.2 Å². The van der Waals surface area contributed by atoms with Gasteiger partial charge in [-0.3, -0.25) is 0 Å². The van der Waals surface area contributed by atoms with E-state index in [0.717, 1.165) is 37.2 Å². The van der Waals surface area contributed by atoms with Crippen molar-refractivity contribution in [3.8, 4) is 0 Å². The van der Waals surface area contributed by atoms with Crippen LogP contribution in [0.1, 0.15) is 12.8 Å². The van der Waals surface area contributed by atoms with E-state index < -0.39 is 0 Å². The van der Waals surface area contributed by atoms with Crippen LogP contribution in [0.4, 0.5) is 11.6 Å². The van der Waals surface area contributed by atoms with Crippen molar-refractivity contribution in [2.45, 2.75) is 12.8 Å². The largest absolute Gasteiger partial charge is 0.370 e. The summed E-state index contributed by atoms with van der Waals surface area (Å²) < 4.78 is 0. The van der Waals surface area contributed by atoms with Crippen LogP contribution in [0, 0.1) is 5.92 Å². The van der Waals surface area contributed by atoms with Gasteiger partial charge in [-0.05, 0) is 38.9 Å². The maximum atomic E-state index is 4.43. The van der Waals surface area contributed by atoms with E-state index in [9.17, 15) is 0 Å². The summed E-state index contributed by atoms with van der Waals surface area (Å²) in [5.41, 5.74) is 0. The highest BCUT2D eigenvalue weighted by molar-refractivity contribution is 7.99. The molecule has 21 heavy (non-hydrogen) atoms. The summed E-state index contributed by atoms with van der Waals surface area (Å²) in [6.07, 6.45) is 4.25. The average Bonchev–Trinajstić information content (AvgIpc) is 2.55. The second-order valence-corrected chi connectivity index (χ2v) is 7.21. The summed E-state index contributed by atoms with van der Waals surface area (Å²) in [6.45, 7) is 5.64. The van der Waals surface area contributed by atoms with Crippen LogP contribution in [-0.2, 0) is 0 Å². The average molecular weight is 307 g/mol. The molecule has 0 aliphatic carbocycles. The Morgan fingerprint density at radius 1 is 1.19 bits per heavy atom. The van der Waals surface area contributed by atoms with Crippen molar-refractivity contribution in [3.63, 3.8) is 0 Å². The minimum Gasteiger partial charge on any atom is -0.370 e. The van der Waals surface area contributed by atoms with Gasteiger partial charge >= 0.3 is 0 Å². The second-order valence-electron chi connectivity index (χ2n) is 5.99. The van der Waals surface area contributed by atoms with E-state index in [-0.39, 0.29) is 0 Å². The van der Waals surface area contributed by atoms with Crippen LogP contribution in [0.2, 0.25) is 0 Å². The monoisotopic (exact) mass is 307 g/mol. The first kappa shape index (κ1) is 14.9. The molecule has 0 amide bonds. The molecule has 0 spiro atoms. The van der Waals surface area contributed by atoms with E-state index in [1.54, 1.807) is 6.33 Å². The fourth-order valence-electron chi connectivity index (χ4n) is 2.92. The molecule has 1 aromatic heterocycles. The zero-order chi connectivity index (χ0) is 14.5. The third kappa shape index (κ3) is 4.23. The fraction of sp³-hybridized carbons (Fsp3) is 0.733. The van der Waals surface area contributed by atoms with Gasteiger partial charge in [0.05, 0.1) is 0 Å². The van der Waals surface area contributed by atoms with E-state index in [1.807, 2.05) is 11.8 Å². The zero-order valence-corrected chi connectivity index (χ0v) is 13.6. The van der Waals surface area contributed by atoms with Crippen molar-refractivity contribution in [1.29, 1.82) is 0 Å². The van der Waals surface area contributed by atoms with Crippen LogP contribution in [0.3, 0.4) is 0 Å². The maximum absolute atomic E-state index is 4.43. The smallest absolute Gasteiger partial charge is 0.134 e. The van der Waals surface area contributed by atoms with E-state index in [2.05, 4.69) is 38.2 Å². The molecule has 1 aromatic rings. The van der Waals surface area contributed by atoms with Crippen molar-refractivity contribution in [3.05, 3.63) is 12.4 Å². The highest BCUT2D eigenvalue weighted by atomic mass is 32.2.